The van der Waals surface area contributed by atoms with E-state index in [0.717, 1.165) is 46.4 Å². The van der Waals surface area contributed by atoms with Gasteiger partial charge in [0, 0.05) is 41.5 Å². The summed E-state index contributed by atoms with van der Waals surface area (Å²) in [7, 11) is 0. The smallest absolute Gasteiger partial charge is 0.214 e. The van der Waals surface area contributed by atoms with Crippen LogP contribution in [0.3, 0.4) is 0 Å². The molecule has 5 aromatic rings. The first kappa shape index (κ1) is 24.3. The van der Waals surface area contributed by atoms with Crippen LogP contribution in [0.4, 0.5) is 11.5 Å². The number of pyridine rings is 2. The molecule has 1 aromatic carbocycles. The van der Waals surface area contributed by atoms with Crippen LogP contribution in [0.2, 0.25) is 0 Å². The van der Waals surface area contributed by atoms with Gasteiger partial charge in [0.2, 0.25) is 5.88 Å². The highest BCUT2D eigenvalue weighted by atomic mass is 35.5. The van der Waals surface area contributed by atoms with Gasteiger partial charge in [-0.3, -0.25) is 0 Å². The van der Waals surface area contributed by atoms with E-state index in [0.29, 0.717) is 29.5 Å². The van der Waals surface area contributed by atoms with Crippen molar-refractivity contribution in [3.63, 3.8) is 0 Å². The molecule has 2 N–H and O–H groups in total. The predicted octanol–water partition coefficient (Wildman–Crippen LogP) is 5.00. The summed E-state index contributed by atoms with van der Waals surface area (Å²) in [4.78, 5) is 17.6. The Hall–Kier alpha value is -4.02. The summed E-state index contributed by atoms with van der Waals surface area (Å²) in [6.07, 6.45) is 11.3. The van der Waals surface area contributed by atoms with Crippen LogP contribution in [0.1, 0.15) is 31.2 Å². The summed E-state index contributed by atoms with van der Waals surface area (Å²) in [5.41, 5.74) is 3.37. The lowest BCUT2D eigenvalue weighted by Crippen LogP contribution is -2.42. The Balaban J connectivity index is 0.00000264. The number of piperidine rings is 1. The van der Waals surface area contributed by atoms with Crippen LogP contribution in [0.15, 0.2) is 61.4 Å². The van der Waals surface area contributed by atoms with Gasteiger partial charge in [-0.25, -0.2) is 24.5 Å². The molecule has 0 saturated carbocycles. The highest BCUT2D eigenvalue weighted by Gasteiger charge is 2.34. The Morgan fingerprint density at radius 1 is 0.974 bits per heavy atom. The molecule has 4 aromatic heterocycles. The molecule has 2 fully saturated rings. The average molecular weight is 531 g/mol. The van der Waals surface area contributed by atoms with Crippen LogP contribution in [-0.2, 0) is 0 Å². The summed E-state index contributed by atoms with van der Waals surface area (Å²) in [5, 5.41) is 12.1. The monoisotopic (exact) mass is 530 g/mol. The van der Waals surface area contributed by atoms with E-state index >= 15 is 0 Å². The Kier molecular flexibility index (Phi) is 6.42. The maximum Gasteiger partial charge on any atom is 0.214 e. The minimum absolute atomic E-state index is 0. The summed E-state index contributed by atoms with van der Waals surface area (Å²) in [6, 6.07) is 12.7. The number of hydrogen-bond acceptors (Lipinski definition) is 9. The number of ether oxygens (including phenoxy) is 2. The van der Waals surface area contributed by atoms with Gasteiger partial charge in [0.05, 0.1) is 11.7 Å². The summed E-state index contributed by atoms with van der Waals surface area (Å²) >= 11 is 0. The normalized spacial score (nSPS) is 20.3. The number of nitrogens with one attached hydrogen (secondary N) is 2. The van der Waals surface area contributed by atoms with E-state index in [1.165, 1.54) is 19.2 Å². The minimum atomic E-state index is 0. The fraction of sp³-hybridized carbons (Fsp3) is 0.296. The first-order valence-electron chi connectivity index (χ1n) is 12.5. The lowest BCUT2D eigenvalue weighted by molar-refractivity contribution is 0.132. The van der Waals surface area contributed by atoms with Crippen molar-refractivity contribution in [3.8, 4) is 17.4 Å². The highest BCUT2D eigenvalue weighted by Crippen LogP contribution is 2.32. The zero-order chi connectivity index (χ0) is 24.8. The van der Waals surface area contributed by atoms with Crippen LogP contribution < -0.4 is 20.1 Å². The molecule has 0 spiro atoms. The topological polar surface area (TPSA) is 111 Å². The van der Waals surface area contributed by atoms with E-state index < -0.39 is 0 Å². The van der Waals surface area contributed by atoms with E-state index in [9.17, 15) is 0 Å². The molecular formula is C27H27ClN8O2. The van der Waals surface area contributed by atoms with Gasteiger partial charge in [-0.1, -0.05) is 0 Å². The Labute approximate surface area is 225 Å². The van der Waals surface area contributed by atoms with Crippen LogP contribution in [0, 0.1) is 6.92 Å². The second kappa shape index (κ2) is 10.0. The van der Waals surface area contributed by atoms with Gasteiger partial charge in [-0.2, -0.15) is 5.10 Å². The number of nitrogens with zero attached hydrogens (tertiary/aromatic N) is 6. The number of halogens is 1. The van der Waals surface area contributed by atoms with Crippen molar-refractivity contribution in [1.82, 2.24) is 34.9 Å². The zero-order valence-corrected chi connectivity index (χ0v) is 21.6. The summed E-state index contributed by atoms with van der Waals surface area (Å²) in [5.74, 6) is 2.78. The number of rotatable bonds is 6. The molecule has 2 aliphatic rings. The van der Waals surface area contributed by atoms with E-state index in [1.807, 2.05) is 49.5 Å². The van der Waals surface area contributed by atoms with Crippen molar-refractivity contribution >= 4 is 40.5 Å². The molecule has 2 bridgehead atoms. The Morgan fingerprint density at radius 3 is 2.68 bits per heavy atom. The van der Waals surface area contributed by atoms with Crippen LogP contribution in [0.5, 0.6) is 17.4 Å². The molecule has 2 aliphatic heterocycles. The van der Waals surface area contributed by atoms with Crippen molar-refractivity contribution in [2.45, 2.75) is 50.8 Å². The SMILES string of the molecule is Cc1cc(Nc2ncnc3cnc(OC4CC5CCC(C4)N5)cc23)ccc1Oc1ccn2ncnc2c1.Cl. The molecule has 10 nitrogen and oxygen atoms in total. The second-order valence-corrected chi connectivity index (χ2v) is 9.74. The van der Waals surface area contributed by atoms with Gasteiger partial charge < -0.3 is 20.1 Å². The van der Waals surface area contributed by atoms with E-state index in [-0.39, 0.29) is 18.5 Å². The predicted molar refractivity (Wildman–Crippen MR) is 146 cm³/mol. The van der Waals surface area contributed by atoms with Crippen molar-refractivity contribution in [3.05, 3.63) is 67.0 Å². The van der Waals surface area contributed by atoms with E-state index in [2.05, 4.69) is 35.7 Å². The zero-order valence-electron chi connectivity index (χ0n) is 20.7. The number of aromatic nitrogens is 6. The first-order valence-corrected chi connectivity index (χ1v) is 12.5. The highest BCUT2D eigenvalue weighted by molar-refractivity contribution is 5.90. The van der Waals surface area contributed by atoms with Gasteiger partial charge in [0.15, 0.2) is 5.65 Å². The van der Waals surface area contributed by atoms with Gasteiger partial charge >= 0.3 is 0 Å². The molecule has 6 heterocycles. The standard InChI is InChI=1S/C27H26N8O2.ClH/c1-16-8-17(4-5-24(16)36-20-6-7-35-25(11-20)30-15-32-35)34-27-22-12-26(28-13-23(22)29-14-31-27)37-21-9-18-2-3-19(10-21)33-18;/h4-8,11-15,18-19,21,33H,2-3,9-10H2,1H3,(H,29,31,34);1H. The molecule has 7 rings (SSSR count). The largest absolute Gasteiger partial charge is 0.474 e. The number of fused-ring (bicyclic) bond motifs is 4. The van der Waals surface area contributed by atoms with Crippen LogP contribution >= 0.6 is 12.4 Å². The number of anilines is 2. The van der Waals surface area contributed by atoms with Crippen molar-refractivity contribution in [2.75, 3.05) is 5.32 Å². The molecule has 38 heavy (non-hydrogen) atoms. The minimum Gasteiger partial charge on any atom is -0.474 e. The maximum atomic E-state index is 6.30. The molecule has 0 radical (unpaired) electrons. The average Bonchev–Trinajstić information content (AvgIpc) is 3.51. The third-order valence-electron chi connectivity index (χ3n) is 7.13. The van der Waals surface area contributed by atoms with Crippen molar-refractivity contribution < 1.29 is 9.47 Å². The molecule has 11 heteroatoms. The van der Waals surface area contributed by atoms with Crippen LogP contribution in [0.25, 0.3) is 16.6 Å². The molecule has 0 aliphatic carbocycles. The maximum absolute atomic E-state index is 6.30. The first-order chi connectivity index (χ1) is 18.2. The van der Waals surface area contributed by atoms with Gasteiger partial charge in [-0.15, -0.1) is 12.4 Å². The summed E-state index contributed by atoms with van der Waals surface area (Å²) < 4.78 is 14.1. The van der Waals surface area contributed by atoms with Crippen molar-refractivity contribution in [1.29, 1.82) is 0 Å². The lowest BCUT2D eigenvalue weighted by atomic mass is 10.0. The van der Waals surface area contributed by atoms with Crippen molar-refractivity contribution in [2.24, 2.45) is 0 Å². The number of benzene rings is 1. The third kappa shape index (κ3) is 4.80. The summed E-state index contributed by atoms with van der Waals surface area (Å²) in [6.45, 7) is 2.01. The molecule has 2 saturated heterocycles. The molecule has 194 valence electrons. The number of aryl methyl sites for hydroxylation is 1. The number of hydrogen-bond donors (Lipinski definition) is 2. The molecule has 2 unspecified atom stereocenters. The van der Waals surface area contributed by atoms with E-state index in [1.54, 1.807) is 17.0 Å². The van der Waals surface area contributed by atoms with Crippen LogP contribution in [-0.4, -0.2) is 47.7 Å². The Bertz CT molecular complexity index is 1600. The molecular weight excluding hydrogens is 504 g/mol. The van der Waals surface area contributed by atoms with Gasteiger partial charge in [-0.05, 0) is 62.4 Å². The second-order valence-electron chi connectivity index (χ2n) is 9.74. The van der Waals surface area contributed by atoms with Gasteiger partial charge in [0.25, 0.3) is 0 Å². The Morgan fingerprint density at radius 2 is 1.84 bits per heavy atom. The lowest BCUT2D eigenvalue weighted by Gasteiger charge is -2.29. The van der Waals surface area contributed by atoms with Gasteiger partial charge in [0.1, 0.15) is 36.1 Å². The third-order valence-corrected chi connectivity index (χ3v) is 7.13. The fourth-order valence-corrected chi connectivity index (χ4v) is 5.34. The molecule has 0 amide bonds. The quantitative estimate of drug-likeness (QED) is 0.313. The fourth-order valence-electron chi connectivity index (χ4n) is 5.34. The van der Waals surface area contributed by atoms with E-state index in [4.69, 9.17) is 9.47 Å². The molecule has 2 atom stereocenters.